The first kappa shape index (κ1) is 20.6. The van der Waals surface area contributed by atoms with Crippen molar-refractivity contribution < 1.29 is 14.7 Å². The Morgan fingerprint density at radius 3 is 2.00 bits per heavy atom. The molecule has 0 bridgehead atoms. The fourth-order valence-electron chi connectivity index (χ4n) is 2.76. The van der Waals surface area contributed by atoms with E-state index < -0.39 is 11.6 Å². The molecule has 0 fully saturated rings. The quantitative estimate of drug-likeness (QED) is 0.700. The summed E-state index contributed by atoms with van der Waals surface area (Å²) >= 11 is 0. The van der Waals surface area contributed by atoms with Gasteiger partial charge in [-0.15, -0.1) is 0 Å². The normalized spacial score (nSPS) is 12.3. The number of rotatable bonds is 7. The number of aliphatic hydroxyl groups is 1. The summed E-state index contributed by atoms with van der Waals surface area (Å²) < 4.78 is 0. The standard InChI is InChI=1S/C22H28N2O3/c1-15(25)16-5-7-17(8-6-16)18-9-11-19(12-10-18)21(27)24-22(2,3)14-13-20(26)23-4/h5-12,15,25H,13-14H2,1-4H3,(H,23,26)(H,24,27)/t15-/m0/s1. The summed E-state index contributed by atoms with van der Waals surface area (Å²) in [6.45, 7) is 5.55. The zero-order valence-electron chi connectivity index (χ0n) is 16.4. The van der Waals surface area contributed by atoms with Gasteiger partial charge in [0.25, 0.3) is 5.91 Å². The summed E-state index contributed by atoms with van der Waals surface area (Å²) in [5.74, 6) is -0.198. The van der Waals surface area contributed by atoms with Crippen LogP contribution in [-0.4, -0.2) is 29.5 Å². The molecule has 2 aromatic rings. The van der Waals surface area contributed by atoms with Crippen molar-refractivity contribution in [3.8, 4) is 11.1 Å². The van der Waals surface area contributed by atoms with Gasteiger partial charge in [0.2, 0.25) is 5.91 Å². The SMILES string of the molecule is CNC(=O)CCC(C)(C)NC(=O)c1ccc(-c2ccc([C@H](C)O)cc2)cc1. The Hall–Kier alpha value is -2.66. The number of benzene rings is 2. The van der Waals surface area contributed by atoms with Crippen LogP contribution in [0.3, 0.4) is 0 Å². The number of carbonyl (C=O) groups is 2. The molecule has 5 heteroatoms. The third-order valence-corrected chi connectivity index (χ3v) is 4.58. The molecule has 0 saturated carbocycles. The largest absolute Gasteiger partial charge is 0.389 e. The predicted octanol–water partition coefficient (Wildman–Crippen LogP) is 3.44. The zero-order chi connectivity index (χ0) is 20.0. The summed E-state index contributed by atoms with van der Waals surface area (Å²) in [5.41, 5.74) is 3.00. The summed E-state index contributed by atoms with van der Waals surface area (Å²) in [4.78, 5) is 23.9. The van der Waals surface area contributed by atoms with E-state index >= 15 is 0 Å². The third-order valence-electron chi connectivity index (χ3n) is 4.58. The molecule has 0 saturated heterocycles. The van der Waals surface area contributed by atoms with Gasteiger partial charge in [-0.25, -0.2) is 0 Å². The van der Waals surface area contributed by atoms with Gasteiger partial charge in [0.05, 0.1) is 6.10 Å². The minimum absolute atomic E-state index is 0.0386. The first-order valence-corrected chi connectivity index (χ1v) is 9.13. The van der Waals surface area contributed by atoms with E-state index in [1.54, 1.807) is 26.1 Å². The molecular formula is C22H28N2O3. The molecular weight excluding hydrogens is 340 g/mol. The highest BCUT2D eigenvalue weighted by atomic mass is 16.3. The number of hydrogen-bond donors (Lipinski definition) is 3. The van der Waals surface area contributed by atoms with Crippen molar-refractivity contribution >= 4 is 11.8 Å². The number of aliphatic hydroxyl groups excluding tert-OH is 1. The fourth-order valence-corrected chi connectivity index (χ4v) is 2.76. The molecule has 0 aliphatic heterocycles. The van der Waals surface area contributed by atoms with Crippen LogP contribution in [0.15, 0.2) is 48.5 Å². The highest BCUT2D eigenvalue weighted by molar-refractivity contribution is 5.95. The van der Waals surface area contributed by atoms with Crippen LogP contribution >= 0.6 is 0 Å². The van der Waals surface area contributed by atoms with Crippen molar-refractivity contribution in [2.75, 3.05) is 7.05 Å². The van der Waals surface area contributed by atoms with Crippen LogP contribution in [0.4, 0.5) is 0 Å². The van der Waals surface area contributed by atoms with E-state index in [-0.39, 0.29) is 11.8 Å². The molecule has 0 spiro atoms. The monoisotopic (exact) mass is 368 g/mol. The van der Waals surface area contributed by atoms with E-state index in [0.717, 1.165) is 16.7 Å². The van der Waals surface area contributed by atoms with Crippen molar-refractivity contribution in [3.05, 3.63) is 59.7 Å². The molecule has 144 valence electrons. The van der Waals surface area contributed by atoms with E-state index in [1.807, 2.05) is 50.2 Å². The van der Waals surface area contributed by atoms with E-state index in [4.69, 9.17) is 0 Å². The summed E-state index contributed by atoms with van der Waals surface area (Å²) in [5, 5.41) is 15.2. The molecule has 0 aliphatic carbocycles. The van der Waals surface area contributed by atoms with Crippen LogP contribution in [0.2, 0.25) is 0 Å². The molecule has 2 rings (SSSR count). The van der Waals surface area contributed by atoms with Crippen LogP contribution in [-0.2, 0) is 4.79 Å². The Kier molecular flexibility index (Phi) is 6.75. The van der Waals surface area contributed by atoms with E-state index in [0.29, 0.717) is 18.4 Å². The molecule has 2 amide bonds. The lowest BCUT2D eigenvalue weighted by Crippen LogP contribution is -2.44. The lowest BCUT2D eigenvalue weighted by molar-refractivity contribution is -0.121. The first-order chi connectivity index (χ1) is 12.7. The molecule has 5 nitrogen and oxygen atoms in total. The van der Waals surface area contributed by atoms with Crippen LogP contribution < -0.4 is 10.6 Å². The molecule has 0 radical (unpaired) electrons. The molecule has 0 heterocycles. The summed E-state index contributed by atoms with van der Waals surface area (Å²) in [6.07, 6.45) is 0.439. The Balaban J connectivity index is 2.03. The second kappa shape index (κ2) is 8.82. The predicted molar refractivity (Wildman–Crippen MR) is 107 cm³/mol. The van der Waals surface area contributed by atoms with Gasteiger partial charge in [0, 0.05) is 24.6 Å². The van der Waals surface area contributed by atoms with Gasteiger partial charge in [0.1, 0.15) is 0 Å². The fraction of sp³-hybridized carbons (Fsp3) is 0.364. The average Bonchev–Trinajstić information content (AvgIpc) is 2.66. The van der Waals surface area contributed by atoms with Crippen LogP contribution in [0.5, 0.6) is 0 Å². The first-order valence-electron chi connectivity index (χ1n) is 9.13. The van der Waals surface area contributed by atoms with Crippen molar-refractivity contribution in [1.82, 2.24) is 10.6 Å². The van der Waals surface area contributed by atoms with Gasteiger partial charge < -0.3 is 15.7 Å². The van der Waals surface area contributed by atoms with Crippen molar-refractivity contribution in [2.45, 2.75) is 45.3 Å². The van der Waals surface area contributed by atoms with E-state index in [2.05, 4.69) is 10.6 Å². The van der Waals surface area contributed by atoms with Gasteiger partial charge in [-0.1, -0.05) is 36.4 Å². The van der Waals surface area contributed by atoms with Crippen LogP contribution in [0.25, 0.3) is 11.1 Å². The lowest BCUT2D eigenvalue weighted by Gasteiger charge is -2.26. The van der Waals surface area contributed by atoms with Gasteiger partial charge >= 0.3 is 0 Å². The highest BCUT2D eigenvalue weighted by Crippen LogP contribution is 2.23. The third kappa shape index (κ3) is 5.93. The number of carbonyl (C=O) groups excluding carboxylic acids is 2. The second-order valence-electron chi connectivity index (χ2n) is 7.39. The van der Waals surface area contributed by atoms with Gasteiger partial charge in [-0.05, 0) is 56.0 Å². The molecule has 1 atom stereocenters. The maximum absolute atomic E-state index is 12.5. The van der Waals surface area contributed by atoms with E-state index in [9.17, 15) is 14.7 Å². The number of hydrogen-bond acceptors (Lipinski definition) is 3. The summed E-state index contributed by atoms with van der Waals surface area (Å²) in [6, 6.07) is 15.1. The molecule has 0 unspecified atom stereocenters. The topological polar surface area (TPSA) is 78.4 Å². The highest BCUT2D eigenvalue weighted by Gasteiger charge is 2.22. The van der Waals surface area contributed by atoms with Crippen molar-refractivity contribution in [3.63, 3.8) is 0 Å². The molecule has 3 N–H and O–H groups in total. The second-order valence-corrected chi connectivity index (χ2v) is 7.39. The Labute approximate surface area is 160 Å². The van der Waals surface area contributed by atoms with E-state index in [1.165, 1.54) is 0 Å². The molecule has 2 aromatic carbocycles. The summed E-state index contributed by atoms with van der Waals surface area (Å²) in [7, 11) is 1.60. The van der Waals surface area contributed by atoms with Crippen molar-refractivity contribution in [2.24, 2.45) is 0 Å². The van der Waals surface area contributed by atoms with Crippen LogP contribution in [0, 0.1) is 0 Å². The Morgan fingerprint density at radius 2 is 1.52 bits per heavy atom. The maximum atomic E-state index is 12.5. The number of amides is 2. The van der Waals surface area contributed by atoms with Gasteiger partial charge in [-0.3, -0.25) is 9.59 Å². The van der Waals surface area contributed by atoms with Crippen LogP contribution in [0.1, 0.15) is 55.6 Å². The average molecular weight is 368 g/mol. The minimum atomic E-state index is -0.489. The Morgan fingerprint density at radius 1 is 1.00 bits per heavy atom. The smallest absolute Gasteiger partial charge is 0.251 e. The zero-order valence-corrected chi connectivity index (χ0v) is 16.4. The lowest BCUT2D eigenvalue weighted by atomic mass is 9.97. The van der Waals surface area contributed by atoms with Crippen molar-refractivity contribution in [1.29, 1.82) is 0 Å². The van der Waals surface area contributed by atoms with Gasteiger partial charge in [0.15, 0.2) is 0 Å². The molecule has 0 aliphatic rings. The minimum Gasteiger partial charge on any atom is -0.389 e. The Bertz CT molecular complexity index is 778. The molecule has 27 heavy (non-hydrogen) atoms. The molecule has 0 aromatic heterocycles. The maximum Gasteiger partial charge on any atom is 0.251 e. The number of nitrogens with one attached hydrogen (secondary N) is 2. The van der Waals surface area contributed by atoms with Gasteiger partial charge in [-0.2, -0.15) is 0 Å².